The molecule has 7 nitrogen and oxygen atoms in total. The number of benzene rings is 1. The van der Waals surface area contributed by atoms with E-state index in [9.17, 15) is 4.79 Å². The van der Waals surface area contributed by atoms with Crippen molar-refractivity contribution in [3.63, 3.8) is 0 Å². The molecule has 4 rings (SSSR count). The SMILES string of the molecule is O=C(NO)c1ccc(Nc2nc(-c3cnc4ccccn34)cs2)cc1. The fraction of sp³-hybridized carbons (Fsp3) is 0. The maximum atomic E-state index is 11.3. The number of rotatable bonds is 4. The van der Waals surface area contributed by atoms with Crippen LogP contribution in [-0.2, 0) is 0 Å². The number of carbonyl (C=O) groups excluding carboxylic acids is 1. The Morgan fingerprint density at radius 3 is 2.80 bits per heavy atom. The van der Waals surface area contributed by atoms with Crippen molar-refractivity contribution in [1.29, 1.82) is 0 Å². The Labute approximate surface area is 146 Å². The maximum absolute atomic E-state index is 11.3. The summed E-state index contributed by atoms with van der Waals surface area (Å²) in [6, 6.07) is 12.6. The third kappa shape index (κ3) is 2.95. The summed E-state index contributed by atoms with van der Waals surface area (Å²) in [6.07, 6.45) is 3.76. The molecule has 0 fully saturated rings. The number of hydrogen-bond donors (Lipinski definition) is 3. The number of hydroxylamine groups is 1. The Hall–Kier alpha value is -3.23. The zero-order chi connectivity index (χ0) is 17.2. The average Bonchev–Trinajstić information content (AvgIpc) is 3.28. The molecule has 4 aromatic rings. The van der Waals surface area contributed by atoms with E-state index in [0.717, 1.165) is 27.9 Å². The molecule has 0 saturated carbocycles. The maximum Gasteiger partial charge on any atom is 0.274 e. The van der Waals surface area contributed by atoms with Gasteiger partial charge < -0.3 is 5.32 Å². The van der Waals surface area contributed by atoms with E-state index >= 15 is 0 Å². The van der Waals surface area contributed by atoms with Gasteiger partial charge in [-0.25, -0.2) is 15.4 Å². The number of nitrogens with zero attached hydrogens (tertiary/aromatic N) is 3. The Balaban J connectivity index is 1.56. The van der Waals surface area contributed by atoms with Crippen LogP contribution in [-0.4, -0.2) is 25.5 Å². The summed E-state index contributed by atoms with van der Waals surface area (Å²) in [7, 11) is 0. The van der Waals surface area contributed by atoms with Crippen LogP contribution in [0.5, 0.6) is 0 Å². The Bertz CT molecular complexity index is 1040. The lowest BCUT2D eigenvalue weighted by Crippen LogP contribution is -2.18. The number of carbonyl (C=O) groups is 1. The molecule has 0 unspecified atom stereocenters. The number of pyridine rings is 1. The third-order valence-electron chi connectivity index (χ3n) is 3.68. The highest BCUT2D eigenvalue weighted by atomic mass is 32.1. The molecular weight excluding hydrogens is 338 g/mol. The van der Waals surface area contributed by atoms with Gasteiger partial charge in [0, 0.05) is 22.8 Å². The van der Waals surface area contributed by atoms with Crippen molar-refractivity contribution in [2.24, 2.45) is 0 Å². The van der Waals surface area contributed by atoms with Gasteiger partial charge in [0.2, 0.25) is 0 Å². The molecule has 0 aliphatic rings. The lowest BCUT2D eigenvalue weighted by atomic mass is 10.2. The molecule has 3 heterocycles. The molecular formula is C17H13N5O2S. The second-order valence-corrected chi connectivity index (χ2v) is 6.11. The second-order valence-electron chi connectivity index (χ2n) is 5.25. The van der Waals surface area contributed by atoms with Crippen molar-refractivity contribution in [2.75, 3.05) is 5.32 Å². The van der Waals surface area contributed by atoms with E-state index in [-0.39, 0.29) is 0 Å². The third-order valence-corrected chi connectivity index (χ3v) is 4.44. The van der Waals surface area contributed by atoms with E-state index in [2.05, 4.69) is 15.3 Å². The van der Waals surface area contributed by atoms with Crippen molar-refractivity contribution in [2.45, 2.75) is 0 Å². The van der Waals surface area contributed by atoms with E-state index in [1.54, 1.807) is 35.9 Å². The van der Waals surface area contributed by atoms with Crippen LogP contribution < -0.4 is 10.8 Å². The van der Waals surface area contributed by atoms with Gasteiger partial charge in [-0.05, 0) is 36.4 Å². The first-order valence-electron chi connectivity index (χ1n) is 7.44. The quantitative estimate of drug-likeness (QED) is 0.387. The van der Waals surface area contributed by atoms with Gasteiger partial charge in [0.15, 0.2) is 5.13 Å². The van der Waals surface area contributed by atoms with Crippen LogP contribution in [0.4, 0.5) is 10.8 Å². The van der Waals surface area contributed by atoms with Gasteiger partial charge in [0.25, 0.3) is 5.91 Å². The van der Waals surface area contributed by atoms with Crippen LogP contribution in [0, 0.1) is 0 Å². The molecule has 3 aromatic heterocycles. The summed E-state index contributed by atoms with van der Waals surface area (Å²) < 4.78 is 1.99. The van der Waals surface area contributed by atoms with Gasteiger partial charge in [-0.3, -0.25) is 14.4 Å². The standard InChI is InChI=1S/C17H13N5O2S/c23-16(21-24)11-4-6-12(7-5-11)19-17-20-13(10-25-17)14-9-18-15-3-1-2-8-22(14)15/h1-10,24H,(H,19,20)(H,21,23). The Kier molecular flexibility index (Phi) is 3.88. The van der Waals surface area contributed by atoms with Crippen molar-refractivity contribution in [3.05, 3.63) is 65.8 Å². The molecule has 1 amide bonds. The molecule has 1 aromatic carbocycles. The number of fused-ring (bicyclic) bond motifs is 1. The Morgan fingerprint density at radius 1 is 1.16 bits per heavy atom. The summed E-state index contributed by atoms with van der Waals surface area (Å²) in [6.45, 7) is 0. The van der Waals surface area contributed by atoms with Gasteiger partial charge in [-0.2, -0.15) is 0 Å². The average molecular weight is 351 g/mol. The lowest BCUT2D eigenvalue weighted by molar-refractivity contribution is 0.0706. The minimum atomic E-state index is -0.546. The minimum absolute atomic E-state index is 0.374. The summed E-state index contributed by atoms with van der Waals surface area (Å²) in [5.74, 6) is -0.546. The first kappa shape index (κ1) is 15.3. The fourth-order valence-corrected chi connectivity index (χ4v) is 3.19. The predicted octanol–water partition coefficient (Wildman–Crippen LogP) is 3.32. The van der Waals surface area contributed by atoms with Crippen LogP contribution in [0.15, 0.2) is 60.2 Å². The molecule has 0 radical (unpaired) electrons. The van der Waals surface area contributed by atoms with Gasteiger partial charge in [0.1, 0.15) is 11.3 Å². The zero-order valence-corrected chi connectivity index (χ0v) is 13.7. The minimum Gasteiger partial charge on any atom is -0.332 e. The van der Waals surface area contributed by atoms with Crippen molar-refractivity contribution < 1.29 is 10.0 Å². The highest BCUT2D eigenvalue weighted by molar-refractivity contribution is 7.14. The highest BCUT2D eigenvalue weighted by Gasteiger charge is 2.10. The van der Waals surface area contributed by atoms with Crippen molar-refractivity contribution in [3.8, 4) is 11.4 Å². The summed E-state index contributed by atoms with van der Waals surface area (Å²) in [5, 5.41) is 14.5. The van der Waals surface area contributed by atoms with Gasteiger partial charge in [-0.15, -0.1) is 11.3 Å². The smallest absolute Gasteiger partial charge is 0.274 e. The van der Waals surface area contributed by atoms with E-state index < -0.39 is 5.91 Å². The highest BCUT2D eigenvalue weighted by Crippen LogP contribution is 2.27. The van der Waals surface area contributed by atoms with Crippen LogP contribution in [0.3, 0.4) is 0 Å². The molecule has 0 aliphatic carbocycles. The monoisotopic (exact) mass is 351 g/mol. The van der Waals surface area contributed by atoms with E-state index in [1.165, 1.54) is 11.3 Å². The summed E-state index contributed by atoms with van der Waals surface area (Å²) >= 11 is 1.48. The largest absolute Gasteiger partial charge is 0.332 e. The number of hydrogen-bond acceptors (Lipinski definition) is 6. The van der Waals surface area contributed by atoms with E-state index in [4.69, 9.17) is 5.21 Å². The molecule has 0 bridgehead atoms. The molecule has 0 saturated heterocycles. The molecule has 124 valence electrons. The number of thiazole rings is 1. The summed E-state index contributed by atoms with van der Waals surface area (Å²) in [4.78, 5) is 20.3. The molecule has 25 heavy (non-hydrogen) atoms. The van der Waals surface area contributed by atoms with E-state index in [1.807, 2.05) is 34.2 Å². The fourth-order valence-electron chi connectivity index (χ4n) is 2.46. The van der Waals surface area contributed by atoms with Crippen molar-refractivity contribution >= 4 is 33.7 Å². The van der Waals surface area contributed by atoms with Gasteiger partial charge in [0.05, 0.1) is 11.9 Å². The number of aromatic nitrogens is 3. The van der Waals surface area contributed by atoms with Crippen LogP contribution in [0.25, 0.3) is 17.0 Å². The first-order valence-corrected chi connectivity index (χ1v) is 8.32. The molecule has 0 atom stereocenters. The molecule has 3 N–H and O–H groups in total. The number of amides is 1. The number of anilines is 2. The second kappa shape index (κ2) is 6.34. The summed E-state index contributed by atoms with van der Waals surface area (Å²) in [5.41, 5.74) is 5.41. The topological polar surface area (TPSA) is 91.5 Å². The van der Waals surface area contributed by atoms with Crippen LogP contribution in [0.1, 0.15) is 10.4 Å². The zero-order valence-electron chi connectivity index (χ0n) is 12.9. The predicted molar refractivity (Wildman–Crippen MR) is 95.3 cm³/mol. The van der Waals surface area contributed by atoms with Gasteiger partial charge >= 0.3 is 0 Å². The lowest BCUT2D eigenvalue weighted by Gasteiger charge is -2.04. The molecule has 0 aliphatic heterocycles. The molecule has 0 spiro atoms. The normalized spacial score (nSPS) is 10.8. The van der Waals surface area contributed by atoms with E-state index in [0.29, 0.717) is 5.56 Å². The van der Waals surface area contributed by atoms with Gasteiger partial charge in [-0.1, -0.05) is 6.07 Å². The van der Waals surface area contributed by atoms with Crippen LogP contribution in [0.2, 0.25) is 0 Å². The first-order chi connectivity index (χ1) is 12.2. The van der Waals surface area contributed by atoms with Crippen LogP contribution >= 0.6 is 11.3 Å². The number of imidazole rings is 1. The Morgan fingerprint density at radius 2 is 2.00 bits per heavy atom. The molecule has 8 heteroatoms. The van der Waals surface area contributed by atoms with Crippen molar-refractivity contribution in [1.82, 2.24) is 19.8 Å². The number of nitrogens with one attached hydrogen (secondary N) is 2.